The van der Waals surface area contributed by atoms with E-state index in [1.54, 1.807) is 0 Å². The molecule has 3 saturated heterocycles. The van der Waals surface area contributed by atoms with Gasteiger partial charge in [-0.3, -0.25) is 9.69 Å². The lowest BCUT2D eigenvalue weighted by molar-refractivity contribution is -0.146. The molecule has 1 spiro atoms. The Labute approximate surface area is 179 Å². The maximum Gasteiger partial charge on any atom is 0.311 e. The van der Waals surface area contributed by atoms with Gasteiger partial charge in [0, 0.05) is 49.7 Å². The minimum absolute atomic E-state index is 0.00462. The highest BCUT2D eigenvalue weighted by molar-refractivity contribution is 5.76. The summed E-state index contributed by atoms with van der Waals surface area (Å²) in [4.78, 5) is 17.9. The molecule has 0 unspecified atom stereocenters. The molecule has 0 N–H and O–H groups in total. The summed E-state index contributed by atoms with van der Waals surface area (Å²) in [6, 6.07) is 10.6. The Balaban J connectivity index is 1.15. The highest BCUT2D eigenvalue weighted by Crippen LogP contribution is 2.70. The molecule has 6 rings (SSSR count). The topological polar surface area (TPSA) is 45.3 Å². The maximum atomic E-state index is 12.9. The molecule has 5 aliphatic rings. The number of carbonyl (C=O) groups is 1. The summed E-state index contributed by atoms with van der Waals surface area (Å²) >= 11 is 0. The smallest absolute Gasteiger partial charge is 0.311 e. The standard InChI is InChI=1S/C25H34N2O3/c1-17-7-6-10-24(2)15-20-21(22-25(17,24)30-22)19(23(28)29-20)16-26-11-13-27(14-12-26)18-8-4-3-5-9-18/h3-5,8-9,17,19-22H,6-7,10-16H2,1-2H3/t17-,19-,20-,21+,22+,24+,25-/m1/s1. The summed E-state index contributed by atoms with van der Waals surface area (Å²) in [5, 5.41) is 0. The van der Waals surface area contributed by atoms with Gasteiger partial charge in [0.2, 0.25) is 0 Å². The lowest BCUT2D eigenvalue weighted by Crippen LogP contribution is -2.55. The Morgan fingerprint density at radius 2 is 1.90 bits per heavy atom. The van der Waals surface area contributed by atoms with Crippen molar-refractivity contribution in [2.75, 3.05) is 37.6 Å². The van der Waals surface area contributed by atoms with Crippen LogP contribution >= 0.6 is 0 Å². The third-order valence-electron chi connectivity index (χ3n) is 9.14. The van der Waals surface area contributed by atoms with E-state index in [1.165, 1.54) is 24.9 Å². The van der Waals surface area contributed by atoms with E-state index in [-0.39, 0.29) is 41.0 Å². The first-order chi connectivity index (χ1) is 14.5. The first-order valence-electron chi connectivity index (χ1n) is 11.9. The number of epoxide rings is 1. The van der Waals surface area contributed by atoms with Crippen LogP contribution in [-0.4, -0.2) is 61.4 Å². The summed E-state index contributed by atoms with van der Waals surface area (Å²) in [5.74, 6) is 0.837. The molecule has 0 aromatic heterocycles. The van der Waals surface area contributed by atoms with Crippen molar-refractivity contribution in [1.29, 1.82) is 0 Å². The second-order valence-electron chi connectivity index (χ2n) is 10.7. The van der Waals surface area contributed by atoms with E-state index >= 15 is 0 Å². The third kappa shape index (κ3) is 2.64. The number of hydrogen-bond donors (Lipinski definition) is 0. The monoisotopic (exact) mass is 410 g/mol. The average molecular weight is 411 g/mol. The van der Waals surface area contributed by atoms with Gasteiger partial charge in [0.15, 0.2) is 0 Å². The molecule has 2 aliphatic carbocycles. The highest BCUT2D eigenvalue weighted by Gasteiger charge is 2.78. The number of esters is 1. The second-order valence-corrected chi connectivity index (χ2v) is 10.7. The molecule has 0 radical (unpaired) electrons. The number of nitrogens with zero attached hydrogens (tertiary/aromatic N) is 2. The Hall–Kier alpha value is -1.59. The highest BCUT2D eigenvalue weighted by atomic mass is 16.6. The van der Waals surface area contributed by atoms with Gasteiger partial charge in [-0.2, -0.15) is 0 Å². The van der Waals surface area contributed by atoms with E-state index in [2.05, 4.69) is 54.0 Å². The predicted octanol–water partition coefficient (Wildman–Crippen LogP) is 3.33. The molecule has 162 valence electrons. The molecule has 1 aromatic carbocycles. The predicted molar refractivity (Wildman–Crippen MR) is 115 cm³/mol. The lowest BCUT2D eigenvalue weighted by Gasteiger charge is -2.49. The first-order valence-corrected chi connectivity index (χ1v) is 11.9. The minimum atomic E-state index is -0.0265. The number of fused-ring (bicyclic) bond motifs is 2. The zero-order valence-electron chi connectivity index (χ0n) is 18.3. The van der Waals surface area contributed by atoms with E-state index in [9.17, 15) is 4.79 Å². The molecule has 7 atom stereocenters. The van der Waals surface area contributed by atoms with Crippen molar-refractivity contribution in [3.8, 4) is 0 Å². The second kappa shape index (κ2) is 6.70. The minimum Gasteiger partial charge on any atom is -0.462 e. The lowest BCUT2D eigenvalue weighted by atomic mass is 9.53. The molecule has 5 fully saturated rings. The summed E-state index contributed by atoms with van der Waals surface area (Å²) in [5.41, 5.74) is 1.47. The average Bonchev–Trinajstić information content (AvgIpc) is 3.44. The van der Waals surface area contributed by atoms with Gasteiger partial charge in [0.05, 0.1) is 12.0 Å². The molecule has 5 nitrogen and oxygen atoms in total. The molecule has 3 aliphatic heterocycles. The van der Waals surface area contributed by atoms with Crippen molar-refractivity contribution in [2.24, 2.45) is 23.2 Å². The number of para-hydroxylation sites is 1. The number of hydrogen-bond acceptors (Lipinski definition) is 5. The Bertz CT molecular complexity index is 823. The van der Waals surface area contributed by atoms with E-state index in [4.69, 9.17) is 9.47 Å². The largest absolute Gasteiger partial charge is 0.462 e. The van der Waals surface area contributed by atoms with Crippen molar-refractivity contribution in [3.63, 3.8) is 0 Å². The fourth-order valence-electron chi connectivity index (χ4n) is 7.55. The Morgan fingerprint density at radius 3 is 2.67 bits per heavy atom. The molecular weight excluding hydrogens is 376 g/mol. The van der Waals surface area contributed by atoms with Crippen molar-refractivity contribution in [1.82, 2.24) is 4.90 Å². The molecule has 5 heteroatoms. The Kier molecular flexibility index (Phi) is 4.27. The van der Waals surface area contributed by atoms with Gasteiger partial charge in [0.1, 0.15) is 11.7 Å². The maximum absolute atomic E-state index is 12.9. The van der Waals surface area contributed by atoms with Crippen molar-refractivity contribution in [3.05, 3.63) is 30.3 Å². The van der Waals surface area contributed by atoms with Crippen molar-refractivity contribution < 1.29 is 14.3 Å². The Morgan fingerprint density at radius 1 is 1.13 bits per heavy atom. The third-order valence-corrected chi connectivity index (χ3v) is 9.14. The molecule has 3 heterocycles. The summed E-state index contributed by atoms with van der Waals surface area (Å²) in [6.07, 6.45) is 5.01. The van der Waals surface area contributed by atoms with E-state index in [0.29, 0.717) is 5.92 Å². The van der Waals surface area contributed by atoms with Gasteiger partial charge < -0.3 is 14.4 Å². The van der Waals surface area contributed by atoms with Gasteiger partial charge in [-0.1, -0.05) is 38.5 Å². The first kappa shape index (κ1) is 19.1. The summed E-state index contributed by atoms with van der Waals surface area (Å²) in [7, 11) is 0. The van der Waals surface area contributed by atoms with Crippen LogP contribution in [0.25, 0.3) is 0 Å². The molecular formula is C25H34N2O3. The van der Waals surface area contributed by atoms with Crippen LogP contribution in [0.15, 0.2) is 30.3 Å². The zero-order chi connectivity index (χ0) is 20.5. The number of ether oxygens (including phenoxy) is 2. The number of anilines is 1. The van der Waals surface area contributed by atoms with Crippen LogP contribution < -0.4 is 4.90 Å². The van der Waals surface area contributed by atoms with Gasteiger partial charge in [0.25, 0.3) is 0 Å². The fraction of sp³-hybridized carbons (Fsp3) is 0.720. The molecule has 2 saturated carbocycles. The number of rotatable bonds is 3. The van der Waals surface area contributed by atoms with Crippen molar-refractivity contribution in [2.45, 2.75) is 57.3 Å². The summed E-state index contributed by atoms with van der Waals surface area (Å²) < 4.78 is 12.6. The van der Waals surface area contributed by atoms with Crippen molar-refractivity contribution >= 4 is 11.7 Å². The van der Waals surface area contributed by atoms with Crippen LogP contribution in [0.5, 0.6) is 0 Å². The van der Waals surface area contributed by atoms with Gasteiger partial charge >= 0.3 is 5.97 Å². The SMILES string of the molecule is C[C@@H]1CCC[C@@]2(C)C[C@H]3OC(=O)[C@H](CN4CCN(c5ccccc5)CC4)[C@@H]3[C@@H]3O[C@]132. The van der Waals surface area contributed by atoms with Crippen LogP contribution in [0, 0.1) is 23.2 Å². The van der Waals surface area contributed by atoms with Crippen LogP contribution in [0.3, 0.4) is 0 Å². The normalized spacial score (nSPS) is 45.3. The van der Waals surface area contributed by atoms with Crippen LogP contribution in [0.2, 0.25) is 0 Å². The fourth-order valence-corrected chi connectivity index (χ4v) is 7.55. The van der Waals surface area contributed by atoms with Gasteiger partial charge in [-0.15, -0.1) is 0 Å². The van der Waals surface area contributed by atoms with E-state index in [0.717, 1.165) is 39.1 Å². The van der Waals surface area contributed by atoms with E-state index in [1.807, 2.05) is 0 Å². The van der Waals surface area contributed by atoms with Gasteiger partial charge in [-0.25, -0.2) is 0 Å². The number of carbonyl (C=O) groups excluding carboxylic acids is 1. The van der Waals surface area contributed by atoms with Crippen LogP contribution in [0.4, 0.5) is 5.69 Å². The molecule has 0 amide bonds. The zero-order valence-corrected chi connectivity index (χ0v) is 18.3. The number of benzene rings is 1. The quantitative estimate of drug-likeness (QED) is 0.565. The number of piperazine rings is 1. The molecule has 1 aromatic rings. The summed E-state index contributed by atoms with van der Waals surface area (Å²) in [6.45, 7) is 9.61. The van der Waals surface area contributed by atoms with Crippen LogP contribution in [-0.2, 0) is 14.3 Å². The van der Waals surface area contributed by atoms with E-state index < -0.39 is 0 Å². The van der Waals surface area contributed by atoms with Crippen LogP contribution in [0.1, 0.15) is 39.5 Å². The molecule has 30 heavy (non-hydrogen) atoms. The molecule has 0 bridgehead atoms. The van der Waals surface area contributed by atoms with Gasteiger partial charge in [-0.05, 0) is 37.3 Å².